The lowest BCUT2D eigenvalue weighted by atomic mass is 9.42. The van der Waals surface area contributed by atoms with Crippen LogP contribution in [-0.4, -0.2) is 28.1 Å². The van der Waals surface area contributed by atoms with Crippen LogP contribution in [0.25, 0.3) is 0 Å². The number of hydrogen-bond acceptors (Lipinski definition) is 3. The highest BCUT2D eigenvalue weighted by atomic mass is 16.4. The molecule has 2 unspecified atom stereocenters. The predicted octanol–water partition coefficient (Wildman–Crippen LogP) is 4.93. The molecule has 0 saturated heterocycles. The molecule has 0 bridgehead atoms. The number of carbonyl (C=O) groups excluding carboxylic acids is 1. The summed E-state index contributed by atoms with van der Waals surface area (Å²) in [4.78, 5) is 24.8. The molecule has 0 aromatic rings. The number of carboxylic acid groups (broad SMARTS) is 1. The Labute approximate surface area is 175 Å². The van der Waals surface area contributed by atoms with Crippen molar-refractivity contribution in [1.29, 1.82) is 0 Å². The molecule has 4 nitrogen and oxygen atoms in total. The van der Waals surface area contributed by atoms with E-state index in [-0.39, 0.29) is 35.2 Å². The Morgan fingerprint density at radius 1 is 1.07 bits per heavy atom. The quantitative estimate of drug-likeness (QED) is 0.696. The van der Waals surface area contributed by atoms with Crippen molar-refractivity contribution in [2.75, 3.05) is 0 Å². The second-order valence-electron chi connectivity index (χ2n) is 11.6. The number of aliphatic hydroxyl groups excluding tert-OH is 1. The van der Waals surface area contributed by atoms with Crippen LogP contribution in [0.4, 0.5) is 0 Å². The van der Waals surface area contributed by atoms with Gasteiger partial charge in [-0.05, 0) is 91.8 Å². The van der Waals surface area contributed by atoms with Crippen molar-refractivity contribution in [2.24, 2.45) is 52.3 Å². The van der Waals surface area contributed by atoms with Crippen LogP contribution in [0.15, 0.2) is 0 Å². The molecule has 4 fully saturated rings. The van der Waals surface area contributed by atoms with Gasteiger partial charge in [0.2, 0.25) is 0 Å². The summed E-state index contributed by atoms with van der Waals surface area (Å²) >= 11 is 0. The summed E-state index contributed by atoms with van der Waals surface area (Å²) in [6, 6.07) is 0. The van der Waals surface area contributed by atoms with Gasteiger partial charge in [-0.3, -0.25) is 9.59 Å². The maximum Gasteiger partial charge on any atom is 0.303 e. The first kappa shape index (κ1) is 21.3. The second kappa shape index (κ2) is 7.35. The molecule has 0 radical (unpaired) electrons. The third-order valence-electron chi connectivity index (χ3n) is 10.5. The van der Waals surface area contributed by atoms with Gasteiger partial charge < -0.3 is 10.2 Å². The van der Waals surface area contributed by atoms with Crippen LogP contribution < -0.4 is 0 Å². The lowest BCUT2D eigenvalue weighted by molar-refractivity contribution is -0.171. The third-order valence-corrected chi connectivity index (χ3v) is 10.5. The molecule has 4 rings (SSSR count). The number of hydrogen-bond donors (Lipinski definition) is 2. The maximum atomic E-state index is 13.7. The van der Waals surface area contributed by atoms with Gasteiger partial charge in [-0.15, -0.1) is 0 Å². The number of aliphatic carboxylic acids is 1. The smallest absolute Gasteiger partial charge is 0.303 e. The molecule has 2 N–H and O–H groups in total. The van der Waals surface area contributed by atoms with Gasteiger partial charge in [-0.2, -0.15) is 0 Å². The zero-order valence-electron chi connectivity index (χ0n) is 18.7. The van der Waals surface area contributed by atoms with Crippen LogP contribution in [-0.2, 0) is 9.59 Å². The molecule has 0 aromatic heterocycles. The molecule has 0 spiro atoms. The largest absolute Gasteiger partial charge is 0.481 e. The van der Waals surface area contributed by atoms with Gasteiger partial charge in [0.1, 0.15) is 5.78 Å². The van der Waals surface area contributed by atoms with E-state index < -0.39 is 5.97 Å². The van der Waals surface area contributed by atoms with Crippen molar-refractivity contribution in [3.8, 4) is 0 Å². The Hall–Kier alpha value is -0.900. The van der Waals surface area contributed by atoms with E-state index in [0.29, 0.717) is 35.4 Å². The monoisotopic (exact) mass is 404 g/mol. The number of ketones is 1. The van der Waals surface area contributed by atoms with E-state index in [9.17, 15) is 14.7 Å². The Morgan fingerprint density at radius 2 is 1.72 bits per heavy atom. The minimum atomic E-state index is -0.699. The molecule has 4 saturated carbocycles. The summed E-state index contributed by atoms with van der Waals surface area (Å²) < 4.78 is 0. The number of Topliss-reactive ketones (excluding diaryl/α,β-unsaturated/α-hetero) is 1. The third kappa shape index (κ3) is 3.20. The number of rotatable bonds is 4. The summed E-state index contributed by atoms with van der Waals surface area (Å²) in [6.07, 6.45) is 8.07. The minimum absolute atomic E-state index is 0.0574. The predicted molar refractivity (Wildman–Crippen MR) is 112 cm³/mol. The molecule has 10 atom stereocenters. The van der Waals surface area contributed by atoms with Crippen LogP contribution in [0.2, 0.25) is 0 Å². The van der Waals surface area contributed by atoms with E-state index in [1.165, 1.54) is 6.42 Å². The average Bonchev–Trinajstić information content (AvgIpc) is 3.02. The van der Waals surface area contributed by atoms with E-state index >= 15 is 0 Å². The molecule has 0 amide bonds. The van der Waals surface area contributed by atoms with Crippen molar-refractivity contribution in [2.45, 2.75) is 91.6 Å². The average molecular weight is 405 g/mol. The molecule has 4 heteroatoms. The van der Waals surface area contributed by atoms with Gasteiger partial charge in [0.15, 0.2) is 0 Å². The molecular weight excluding hydrogens is 364 g/mol. The normalized spacial score (nSPS) is 50.4. The van der Waals surface area contributed by atoms with Gasteiger partial charge in [-0.1, -0.05) is 27.7 Å². The molecule has 0 aromatic carbocycles. The Balaban J connectivity index is 1.60. The van der Waals surface area contributed by atoms with E-state index in [2.05, 4.69) is 27.7 Å². The number of carboxylic acids is 1. The fourth-order valence-corrected chi connectivity index (χ4v) is 8.88. The highest BCUT2D eigenvalue weighted by Crippen LogP contribution is 2.68. The molecule has 4 aliphatic carbocycles. The molecule has 164 valence electrons. The van der Waals surface area contributed by atoms with Gasteiger partial charge in [0, 0.05) is 18.3 Å². The minimum Gasteiger partial charge on any atom is -0.481 e. The standard InChI is InChI=1S/C25H40O4/c1-14(5-8-21(27)28)17-6-7-18-22-19(10-12-24(17,18)3)25(4)11-9-16(26)13-20(25)15(2)23(22)29/h14-20,22,26H,5-13H2,1-4H3,(H,27,28)/t14-,15?,16-,17-,18+,19+,20?,22+,24-,25-/m1/s1. The lowest BCUT2D eigenvalue weighted by Gasteiger charge is -2.62. The molecule has 0 heterocycles. The fraction of sp³-hybridized carbons (Fsp3) is 0.920. The van der Waals surface area contributed by atoms with Crippen molar-refractivity contribution < 1.29 is 19.8 Å². The Bertz CT molecular complexity index is 674. The first-order chi connectivity index (χ1) is 13.6. The maximum absolute atomic E-state index is 13.7. The summed E-state index contributed by atoms with van der Waals surface area (Å²) in [5, 5.41) is 19.4. The van der Waals surface area contributed by atoms with E-state index in [1.54, 1.807) is 0 Å². The van der Waals surface area contributed by atoms with Gasteiger partial charge in [0.05, 0.1) is 6.10 Å². The molecular formula is C25H40O4. The second-order valence-corrected chi connectivity index (χ2v) is 11.6. The highest BCUT2D eigenvalue weighted by molar-refractivity contribution is 5.85. The molecule has 29 heavy (non-hydrogen) atoms. The summed E-state index contributed by atoms with van der Waals surface area (Å²) in [6.45, 7) is 9.21. The zero-order valence-corrected chi connectivity index (χ0v) is 18.7. The zero-order chi connectivity index (χ0) is 21.1. The summed E-state index contributed by atoms with van der Waals surface area (Å²) in [5.74, 6) is 2.20. The van der Waals surface area contributed by atoms with Crippen LogP contribution in [0.5, 0.6) is 0 Å². The number of fused-ring (bicyclic) bond motifs is 5. The van der Waals surface area contributed by atoms with Gasteiger partial charge >= 0.3 is 5.97 Å². The number of aliphatic hydroxyl groups is 1. The van der Waals surface area contributed by atoms with Crippen LogP contribution in [0.3, 0.4) is 0 Å². The van der Waals surface area contributed by atoms with Crippen molar-refractivity contribution in [3.63, 3.8) is 0 Å². The Morgan fingerprint density at radius 3 is 2.41 bits per heavy atom. The number of carbonyl (C=O) groups is 2. The SMILES string of the molecule is CC1C(=O)[C@H]2[C@@H]3CC[C@H]([C@H](C)CCC(=O)O)[C@@]3(C)CC[C@@H]2[C@@]2(C)CC[C@@H](O)CC12. The molecule has 0 aliphatic heterocycles. The van der Waals surface area contributed by atoms with Crippen molar-refractivity contribution in [3.05, 3.63) is 0 Å². The van der Waals surface area contributed by atoms with Gasteiger partial charge in [-0.25, -0.2) is 0 Å². The Kier molecular flexibility index (Phi) is 5.41. The van der Waals surface area contributed by atoms with E-state index in [4.69, 9.17) is 5.11 Å². The van der Waals surface area contributed by atoms with Crippen molar-refractivity contribution in [1.82, 2.24) is 0 Å². The van der Waals surface area contributed by atoms with Gasteiger partial charge in [0.25, 0.3) is 0 Å². The fourth-order valence-electron chi connectivity index (χ4n) is 8.88. The first-order valence-electron chi connectivity index (χ1n) is 12.0. The first-order valence-corrected chi connectivity index (χ1v) is 12.0. The highest BCUT2D eigenvalue weighted by Gasteiger charge is 2.64. The topological polar surface area (TPSA) is 74.6 Å². The molecule has 4 aliphatic rings. The van der Waals surface area contributed by atoms with E-state index in [0.717, 1.165) is 44.9 Å². The van der Waals surface area contributed by atoms with Crippen LogP contribution in [0, 0.1) is 52.3 Å². The lowest BCUT2D eigenvalue weighted by Crippen LogP contribution is -2.60. The van der Waals surface area contributed by atoms with Crippen LogP contribution >= 0.6 is 0 Å². The summed E-state index contributed by atoms with van der Waals surface area (Å²) in [7, 11) is 0. The van der Waals surface area contributed by atoms with E-state index in [1.807, 2.05) is 0 Å². The van der Waals surface area contributed by atoms with Crippen molar-refractivity contribution >= 4 is 11.8 Å². The summed E-state index contributed by atoms with van der Waals surface area (Å²) in [5.41, 5.74) is 0.359. The van der Waals surface area contributed by atoms with Crippen LogP contribution in [0.1, 0.15) is 85.5 Å².